The summed E-state index contributed by atoms with van der Waals surface area (Å²) in [6.07, 6.45) is 8.08. The fraction of sp³-hybridized carbons (Fsp3) is 0.800. The lowest BCUT2D eigenvalue weighted by atomic mass is 9.83. The standard InChI is InChI=1S/C120H214O13Si2/c1-97(2,3)69-109(37,38)121-81-61-85(125-113(45,46)73-101(13,14)15)93(129-117(53,54)77-105(25,26)27)89(65-81)134(90-66-82(122-110(39,40)70-98(4,5)6)62-86(126-114(47,48)74-102(16,17)18)94(90)130-118(55,56)78-106(28,29)30)133-135(91-67-83(123-111(41,42)71-99(7,8)9)63-87(127-115(49,50)75-103(19,20)21)95(91)131-119(57,58)79-107(31,32)33)92-68-84(124-112(43,44)72-100(10,11)12)64-88(128-116(51,52)76-104(22,23)24)96(92)132-120(59,60)80-108(34,35)36/h61-68,134-135H,69-80H2,1-60H3. The molecule has 4 aromatic carbocycles. The van der Waals surface area contributed by atoms with Crippen LogP contribution in [-0.2, 0) is 4.12 Å². The Balaban J connectivity index is 3.21. The summed E-state index contributed by atoms with van der Waals surface area (Å²) < 4.78 is 107. The molecule has 0 saturated carbocycles. The Labute approximate surface area is 836 Å². The van der Waals surface area contributed by atoms with E-state index in [2.05, 4.69) is 464 Å². The average molecular weight is 1920 g/mol. The van der Waals surface area contributed by atoms with E-state index in [1.54, 1.807) is 0 Å². The molecule has 0 fully saturated rings. The van der Waals surface area contributed by atoms with Gasteiger partial charge in [0.25, 0.3) is 0 Å². The van der Waals surface area contributed by atoms with Gasteiger partial charge in [0.1, 0.15) is 90.2 Å². The Hall–Kier alpha value is -5.13. The Kier molecular flexibility index (Phi) is 37.4. The molecule has 0 amide bonds. The predicted molar refractivity (Wildman–Crippen MR) is 585 cm³/mol. The first kappa shape index (κ1) is 122. The highest BCUT2D eigenvalue weighted by atomic mass is 28.4. The molecule has 0 unspecified atom stereocenters. The number of hydrogen-bond acceptors (Lipinski definition) is 13. The van der Waals surface area contributed by atoms with Crippen LogP contribution in [-0.4, -0.2) is 85.3 Å². The largest absolute Gasteiger partial charge is 0.488 e. The third-order valence-corrected chi connectivity index (χ3v) is 27.9. The Morgan fingerprint density at radius 2 is 0.244 bits per heavy atom. The highest BCUT2D eigenvalue weighted by molar-refractivity contribution is 6.93. The molecule has 0 aliphatic rings. The summed E-state index contributed by atoms with van der Waals surface area (Å²) in [6, 6.07) is 17.5. The normalized spacial score (nSPS) is 14.7. The van der Waals surface area contributed by atoms with Gasteiger partial charge in [-0.25, -0.2) is 0 Å². The maximum absolute atomic E-state index is 9.86. The van der Waals surface area contributed by atoms with E-state index in [1.807, 2.05) is 0 Å². The van der Waals surface area contributed by atoms with E-state index in [-0.39, 0.29) is 65.0 Å². The van der Waals surface area contributed by atoms with Gasteiger partial charge in [0.15, 0.2) is 46.0 Å². The van der Waals surface area contributed by atoms with Gasteiger partial charge in [-0.3, -0.25) is 0 Å². The molecule has 0 aliphatic heterocycles. The van der Waals surface area contributed by atoms with Crippen LogP contribution >= 0.6 is 0 Å². The summed E-state index contributed by atoms with van der Waals surface area (Å²) in [5.74, 6) is 6.52. The second-order valence-corrected chi connectivity index (χ2v) is 68.5. The van der Waals surface area contributed by atoms with Gasteiger partial charge in [0, 0.05) is 45.0 Å². The molecule has 0 aliphatic carbocycles. The van der Waals surface area contributed by atoms with Crippen molar-refractivity contribution in [3.05, 3.63) is 48.5 Å². The van der Waals surface area contributed by atoms with Gasteiger partial charge < -0.3 is 61.0 Å². The molecule has 0 saturated heterocycles. The molecule has 0 N–H and O–H groups in total. The van der Waals surface area contributed by atoms with Crippen molar-refractivity contribution in [2.24, 2.45) is 65.0 Å². The third-order valence-electron chi connectivity index (χ3n) is 21.7. The summed E-state index contributed by atoms with van der Waals surface area (Å²) in [5, 5.41) is 2.94. The highest BCUT2D eigenvalue weighted by Crippen LogP contribution is 2.51. The van der Waals surface area contributed by atoms with E-state index in [1.165, 1.54) is 0 Å². The van der Waals surface area contributed by atoms with Crippen molar-refractivity contribution in [2.75, 3.05) is 0 Å². The van der Waals surface area contributed by atoms with E-state index in [4.69, 9.17) is 56.8 Å². The second-order valence-electron chi connectivity index (χ2n) is 63.4. The Morgan fingerprint density at radius 1 is 0.141 bits per heavy atom. The lowest BCUT2D eigenvalue weighted by molar-refractivity contribution is 0.0344. The van der Waals surface area contributed by atoms with Crippen LogP contribution in [0.1, 0.15) is 492 Å². The quantitative estimate of drug-likeness (QED) is 0.0392. The number of hydrogen-bond donors (Lipinski definition) is 0. The maximum Gasteiger partial charge on any atom is 0.236 e. The van der Waals surface area contributed by atoms with Gasteiger partial charge in [-0.1, -0.05) is 249 Å². The first-order chi connectivity index (χ1) is 59.0. The molecular formula is C120H214O13Si2. The van der Waals surface area contributed by atoms with Crippen LogP contribution in [0.15, 0.2) is 48.5 Å². The van der Waals surface area contributed by atoms with Gasteiger partial charge in [0.2, 0.25) is 18.1 Å². The lowest BCUT2D eigenvalue weighted by Crippen LogP contribution is -2.58. The Bertz CT molecular complexity index is 3940. The molecular weight excluding hydrogens is 1710 g/mol. The van der Waals surface area contributed by atoms with Crippen molar-refractivity contribution in [1.82, 2.24) is 0 Å². The van der Waals surface area contributed by atoms with Crippen molar-refractivity contribution in [1.29, 1.82) is 0 Å². The zero-order valence-corrected chi connectivity index (χ0v) is 102. The van der Waals surface area contributed by atoms with Crippen molar-refractivity contribution < 1.29 is 61.0 Å². The molecule has 780 valence electrons. The third kappa shape index (κ3) is 46.7. The molecule has 15 heteroatoms. The maximum atomic E-state index is 9.86. The van der Waals surface area contributed by atoms with E-state index in [0.717, 1.165) is 20.7 Å². The van der Waals surface area contributed by atoms with Crippen LogP contribution < -0.4 is 77.6 Å². The minimum Gasteiger partial charge on any atom is -0.488 e. The smallest absolute Gasteiger partial charge is 0.236 e. The monoisotopic (exact) mass is 1920 g/mol. The average Bonchev–Trinajstić information content (AvgIpc) is 0.737. The summed E-state index contributed by atoms with van der Waals surface area (Å²) in [4.78, 5) is 0. The summed E-state index contributed by atoms with van der Waals surface area (Å²) >= 11 is 0. The molecule has 0 spiro atoms. The van der Waals surface area contributed by atoms with Crippen molar-refractivity contribution >= 4 is 38.8 Å². The Morgan fingerprint density at radius 3 is 0.356 bits per heavy atom. The fourth-order valence-electron chi connectivity index (χ4n) is 24.2. The van der Waals surface area contributed by atoms with E-state index < -0.39 is 85.3 Å². The first-order valence-corrected chi connectivity index (χ1v) is 54.9. The first-order valence-electron chi connectivity index (χ1n) is 51.6. The molecule has 13 nitrogen and oxygen atoms in total. The molecule has 0 atom stereocenters. The van der Waals surface area contributed by atoms with Crippen LogP contribution in [0.2, 0.25) is 0 Å². The highest BCUT2D eigenvalue weighted by Gasteiger charge is 2.48. The van der Waals surface area contributed by atoms with Crippen LogP contribution in [0.4, 0.5) is 0 Å². The van der Waals surface area contributed by atoms with E-state index in [9.17, 15) is 4.12 Å². The van der Waals surface area contributed by atoms with Crippen LogP contribution in [0.25, 0.3) is 0 Å². The minimum atomic E-state index is -4.11. The second kappa shape index (κ2) is 41.3. The summed E-state index contributed by atoms with van der Waals surface area (Å²) in [5.41, 5.74) is -12.2. The zero-order valence-electron chi connectivity index (χ0n) is 99.6. The molecule has 135 heavy (non-hydrogen) atoms. The molecule has 4 aromatic rings. The van der Waals surface area contributed by atoms with Crippen molar-refractivity contribution in [2.45, 2.75) is 560 Å². The van der Waals surface area contributed by atoms with Gasteiger partial charge in [-0.2, -0.15) is 0 Å². The summed E-state index contributed by atoms with van der Waals surface area (Å²) in [7, 11) is -8.23. The molecule has 0 aromatic heterocycles. The number of benzene rings is 4. The molecule has 0 heterocycles. The van der Waals surface area contributed by atoms with Gasteiger partial charge >= 0.3 is 0 Å². The zero-order chi connectivity index (χ0) is 106. The van der Waals surface area contributed by atoms with E-state index >= 15 is 0 Å². The van der Waals surface area contributed by atoms with Crippen LogP contribution in [0.5, 0.6) is 69.0 Å². The van der Waals surface area contributed by atoms with Crippen molar-refractivity contribution in [3.8, 4) is 69.0 Å². The van der Waals surface area contributed by atoms with Crippen molar-refractivity contribution in [3.63, 3.8) is 0 Å². The molecule has 0 radical (unpaired) electrons. The lowest BCUT2D eigenvalue weighted by Gasteiger charge is -2.41. The van der Waals surface area contributed by atoms with E-state index in [0.29, 0.717) is 146 Å². The van der Waals surface area contributed by atoms with Gasteiger partial charge in [0.05, 0.1) is 0 Å². The predicted octanol–water partition coefficient (Wildman–Crippen LogP) is 33.2. The SMILES string of the molecule is CC(C)(C)CC(C)(C)Oc1cc(OC(C)(C)CC(C)(C)C)c(OC(C)(C)CC(C)(C)C)c([SiH](O[SiH](c2cc(OC(C)(C)CC(C)(C)C)cc(OC(C)(C)CC(C)(C)C)c2OC(C)(C)CC(C)(C)C)c2cc(OC(C)(C)CC(C)(C)C)cc(OC(C)(C)CC(C)(C)C)c2OC(C)(C)CC(C)(C)C)c2cc(OC(C)(C)CC(C)(C)C)cc(OC(C)(C)CC(C)(C)C)c2OC(C)(C)CC(C)(C)C)c1. The number of rotatable bonds is 42. The molecule has 4 rings (SSSR count). The molecule has 0 bridgehead atoms. The van der Waals surface area contributed by atoms with Crippen LogP contribution in [0, 0.1) is 65.0 Å². The van der Waals surface area contributed by atoms with Crippen LogP contribution in [0.3, 0.4) is 0 Å². The summed E-state index contributed by atoms with van der Waals surface area (Å²) in [6.45, 7) is 136. The minimum absolute atomic E-state index is 0.165. The number of ether oxygens (including phenoxy) is 12. The topological polar surface area (TPSA) is 120 Å². The van der Waals surface area contributed by atoms with Gasteiger partial charge in [-0.15, -0.1) is 0 Å². The fourth-order valence-corrected chi connectivity index (χ4v) is 31.4. The van der Waals surface area contributed by atoms with Gasteiger partial charge in [-0.05, 0) is 332 Å².